The summed E-state index contributed by atoms with van der Waals surface area (Å²) >= 11 is 0.769. The van der Waals surface area contributed by atoms with E-state index in [-0.39, 0.29) is 29.5 Å². The number of nitrogens with zero attached hydrogens (tertiary/aromatic N) is 2. The number of para-hydroxylation sites is 1. The summed E-state index contributed by atoms with van der Waals surface area (Å²) in [6.07, 6.45) is 3.39. The lowest BCUT2D eigenvalue weighted by atomic mass is 10.1. The number of carboxylic acid groups (broad SMARTS) is 1. The number of hydrogen-bond donors (Lipinski definition) is 1. The second-order valence-corrected chi connectivity index (χ2v) is 9.02. The minimum Gasteiger partial charge on any atom is -0.493 e. The Morgan fingerprint density at radius 3 is 2.57 bits per heavy atom. The van der Waals surface area contributed by atoms with E-state index < -0.39 is 17.1 Å². The minimum absolute atomic E-state index is 0.0636. The van der Waals surface area contributed by atoms with Crippen molar-refractivity contribution in [3.05, 3.63) is 64.1 Å². The molecule has 2 aliphatic heterocycles. The van der Waals surface area contributed by atoms with Crippen LogP contribution in [-0.4, -0.2) is 64.7 Å². The maximum atomic E-state index is 12.9. The molecule has 2 aromatic rings. The van der Waals surface area contributed by atoms with Crippen LogP contribution in [0.15, 0.2) is 47.4 Å². The predicted molar refractivity (Wildman–Crippen MR) is 129 cm³/mol. The van der Waals surface area contributed by atoms with Crippen molar-refractivity contribution in [2.75, 3.05) is 26.7 Å². The van der Waals surface area contributed by atoms with Gasteiger partial charge in [0.25, 0.3) is 11.1 Å². The van der Waals surface area contributed by atoms with E-state index in [1.807, 2.05) is 0 Å². The SMILES string of the molecule is COc1cccc(/C=C2/SC(=O)N(CC(=O)N3CCCC3)C2=O)c1OCc1cccc(C(=O)O)c1. The maximum Gasteiger partial charge on any atom is 0.335 e. The highest BCUT2D eigenvalue weighted by molar-refractivity contribution is 8.18. The molecule has 2 aliphatic rings. The predicted octanol–water partition coefficient (Wildman–Crippen LogP) is 3.63. The topological polar surface area (TPSA) is 113 Å². The van der Waals surface area contributed by atoms with Crippen LogP contribution >= 0.6 is 11.8 Å². The summed E-state index contributed by atoms with van der Waals surface area (Å²) in [5.74, 6) is -1.05. The number of carbonyl (C=O) groups is 4. The Bertz CT molecular complexity index is 1200. The Morgan fingerprint density at radius 1 is 1.11 bits per heavy atom. The summed E-state index contributed by atoms with van der Waals surface area (Å²) in [6.45, 7) is 1.08. The van der Waals surface area contributed by atoms with Gasteiger partial charge in [-0.05, 0) is 54.4 Å². The fourth-order valence-electron chi connectivity index (χ4n) is 3.89. The maximum absolute atomic E-state index is 12.9. The number of imide groups is 1. The quantitative estimate of drug-likeness (QED) is 0.551. The molecule has 0 aliphatic carbocycles. The van der Waals surface area contributed by atoms with E-state index in [1.165, 1.54) is 25.3 Å². The summed E-state index contributed by atoms with van der Waals surface area (Å²) in [7, 11) is 1.48. The molecule has 10 heteroatoms. The molecule has 0 unspecified atom stereocenters. The summed E-state index contributed by atoms with van der Waals surface area (Å²) in [5, 5.41) is 8.71. The highest BCUT2D eigenvalue weighted by Gasteiger charge is 2.37. The Kier molecular flexibility index (Phi) is 7.40. The minimum atomic E-state index is -1.04. The molecule has 2 heterocycles. The van der Waals surface area contributed by atoms with Crippen molar-refractivity contribution in [1.29, 1.82) is 0 Å². The van der Waals surface area contributed by atoms with Gasteiger partial charge in [-0.3, -0.25) is 19.3 Å². The third kappa shape index (κ3) is 5.48. The number of thioether (sulfide) groups is 1. The standard InChI is InChI=1S/C25H24N2O7S/c1-33-19-9-5-7-17(22(19)34-15-16-6-4-8-18(12-16)24(30)31)13-20-23(29)27(25(32)35-20)14-21(28)26-10-2-3-11-26/h4-9,12-13H,2-3,10-11,14-15H2,1H3,(H,30,31)/b20-13+. The van der Waals surface area contributed by atoms with E-state index in [0.29, 0.717) is 35.7 Å². The molecule has 2 aromatic carbocycles. The zero-order valence-electron chi connectivity index (χ0n) is 19.1. The van der Waals surface area contributed by atoms with Gasteiger partial charge in [0.1, 0.15) is 13.2 Å². The molecule has 4 rings (SSSR count). The summed E-state index contributed by atoms with van der Waals surface area (Å²) in [5.41, 5.74) is 1.29. The van der Waals surface area contributed by atoms with Gasteiger partial charge in [-0.1, -0.05) is 24.3 Å². The molecule has 0 aromatic heterocycles. The van der Waals surface area contributed by atoms with E-state index >= 15 is 0 Å². The molecule has 0 saturated carbocycles. The molecule has 0 spiro atoms. The smallest absolute Gasteiger partial charge is 0.335 e. The van der Waals surface area contributed by atoms with Crippen LogP contribution in [0.1, 0.15) is 34.3 Å². The van der Waals surface area contributed by atoms with Crippen LogP contribution in [-0.2, 0) is 16.2 Å². The van der Waals surface area contributed by atoms with Crippen LogP contribution in [0.2, 0.25) is 0 Å². The third-order valence-corrected chi connectivity index (χ3v) is 6.61. The number of benzene rings is 2. The first-order valence-corrected chi connectivity index (χ1v) is 11.8. The summed E-state index contributed by atoms with van der Waals surface area (Å²) < 4.78 is 11.4. The van der Waals surface area contributed by atoms with Crippen molar-refractivity contribution in [2.45, 2.75) is 19.4 Å². The van der Waals surface area contributed by atoms with Crippen LogP contribution in [0.4, 0.5) is 4.79 Å². The number of carboxylic acids is 1. The van der Waals surface area contributed by atoms with Gasteiger partial charge in [0.2, 0.25) is 5.91 Å². The lowest BCUT2D eigenvalue weighted by Crippen LogP contribution is -2.40. The van der Waals surface area contributed by atoms with Gasteiger partial charge in [0, 0.05) is 18.7 Å². The van der Waals surface area contributed by atoms with E-state index in [4.69, 9.17) is 9.47 Å². The van der Waals surface area contributed by atoms with Crippen LogP contribution in [0.25, 0.3) is 6.08 Å². The van der Waals surface area contributed by atoms with Crippen molar-refractivity contribution in [2.24, 2.45) is 0 Å². The van der Waals surface area contributed by atoms with Crippen LogP contribution in [0.5, 0.6) is 11.5 Å². The Balaban J connectivity index is 1.54. The molecule has 1 N–H and O–H groups in total. The lowest BCUT2D eigenvalue weighted by molar-refractivity contribution is -0.135. The zero-order chi connectivity index (χ0) is 24.9. The van der Waals surface area contributed by atoms with Gasteiger partial charge >= 0.3 is 5.97 Å². The Hall–Kier alpha value is -3.79. The second kappa shape index (κ2) is 10.6. The number of methoxy groups -OCH3 is 1. The molecule has 2 saturated heterocycles. The van der Waals surface area contributed by atoms with Crippen LogP contribution < -0.4 is 9.47 Å². The van der Waals surface area contributed by atoms with Crippen molar-refractivity contribution < 1.29 is 33.8 Å². The van der Waals surface area contributed by atoms with Crippen LogP contribution in [0, 0.1) is 0 Å². The molecule has 2 fully saturated rings. The summed E-state index contributed by atoms with van der Waals surface area (Å²) in [4.78, 5) is 51.9. The molecule has 0 radical (unpaired) electrons. The van der Waals surface area contributed by atoms with E-state index in [0.717, 1.165) is 29.5 Å². The highest BCUT2D eigenvalue weighted by atomic mass is 32.2. The number of likely N-dealkylation sites (tertiary alicyclic amines) is 1. The van der Waals surface area contributed by atoms with Gasteiger partial charge in [0.15, 0.2) is 11.5 Å². The van der Waals surface area contributed by atoms with Crippen molar-refractivity contribution in [3.63, 3.8) is 0 Å². The molecular formula is C25H24N2O7S. The molecule has 0 atom stereocenters. The molecule has 182 valence electrons. The van der Waals surface area contributed by atoms with Gasteiger partial charge in [-0.15, -0.1) is 0 Å². The van der Waals surface area contributed by atoms with Gasteiger partial charge in [-0.2, -0.15) is 0 Å². The number of carbonyl (C=O) groups excluding carboxylic acids is 3. The van der Waals surface area contributed by atoms with Crippen molar-refractivity contribution >= 4 is 40.9 Å². The van der Waals surface area contributed by atoms with E-state index in [2.05, 4.69) is 0 Å². The first-order chi connectivity index (χ1) is 16.9. The zero-order valence-corrected chi connectivity index (χ0v) is 19.9. The number of rotatable bonds is 8. The van der Waals surface area contributed by atoms with E-state index in [1.54, 1.807) is 35.2 Å². The molecule has 3 amide bonds. The summed E-state index contributed by atoms with van der Waals surface area (Å²) in [6, 6.07) is 11.5. The number of hydrogen-bond acceptors (Lipinski definition) is 7. The Labute approximate surface area is 206 Å². The Morgan fingerprint density at radius 2 is 1.86 bits per heavy atom. The third-order valence-electron chi connectivity index (χ3n) is 5.70. The fourth-order valence-corrected chi connectivity index (χ4v) is 4.72. The first kappa shape index (κ1) is 24.3. The number of aromatic carboxylic acids is 1. The van der Waals surface area contributed by atoms with Gasteiger partial charge in [0.05, 0.1) is 17.6 Å². The molecular weight excluding hydrogens is 472 g/mol. The second-order valence-electron chi connectivity index (χ2n) is 8.03. The average molecular weight is 497 g/mol. The fraction of sp³-hybridized carbons (Fsp3) is 0.280. The number of ether oxygens (including phenoxy) is 2. The lowest BCUT2D eigenvalue weighted by Gasteiger charge is -2.18. The normalized spacial score (nSPS) is 16.8. The average Bonchev–Trinajstić information content (AvgIpc) is 3.48. The van der Waals surface area contributed by atoms with Gasteiger partial charge in [-0.25, -0.2) is 4.79 Å². The largest absolute Gasteiger partial charge is 0.493 e. The first-order valence-electron chi connectivity index (χ1n) is 11.0. The monoisotopic (exact) mass is 496 g/mol. The molecule has 0 bridgehead atoms. The number of amides is 3. The van der Waals surface area contributed by atoms with Crippen LogP contribution in [0.3, 0.4) is 0 Å². The highest BCUT2D eigenvalue weighted by Crippen LogP contribution is 2.37. The van der Waals surface area contributed by atoms with Gasteiger partial charge < -0.3 is 19.5 Å². The molecule has 35 heavy (non-hydrogen) atoms. The molecule has 9 nitrogen and oxygen atoms in total. The van der Waals surface area contributed by atoms with Crippen molar-refractivity contribution in [1.82, 2.24) is 9.80 Å². The van der Waals surface area contributed by atoms with E-state index in [9.17, 15) is 24.3 Å². The van der Waals surface area contributed by atoms with Crippen molar-refractivity contribution in [3.8, 4) is 11.5 Å².